The molecule has 5 heteroatoms. The topological polar surface area (TPSA) is 47.4 Å². The number of benzene rings is 1. The second kappa shape index (κ2) is 5.96. The number of aryl methyl sites for hydroxylation is 1. The summed E-state index contributed by atoms with van der Waals surface area (Å²) in [5, 5.41) is 0. The fourth-order valence-electron chi connectivity index (χ4n) is 4.03. The van der Waals surface area contributed by atoms with Crippen molar-refractivity contribution in [2.45, 2.75) is 51.3 Å². The summed E-state index contributed by atoms with van der Waals surface area (Å²) in [5.41, 5.74) is 2.02. The molecule has 1 aliphatic heterocycles. The smallest absolute Gasteiger partial charge is 0.242 e. The zero-order valence-corrected chi connectivity index (χ0v) is 13.6. The van der Waals surface area contributed by atoms with Crippen molar-refractivity contribution in [3.63, 3.8) is 0 Å². The summed E-state index contributed by atoms with van der Waals surface area (Å²) in [7, 11) is 0. The van der Waals surface area contributed by atoms with E-state index in [4.69, 9.17) is 4.74 Å². The summed E-state index contributed by atoms with van der Waals surface area (Å²) in [6.45, 7) is 3.85. The number of amides is 1. The molecule has 1 saturated carbocycles. The Bertz CT molecular complexity index is 724. The standard InChI is InChI=1S/C18H23N3O2/c1-2-17-19-13-6-3-4-7-14(13)21(17)12-18(22)20-10-11-23-16-9-5-8-15(16)20/h3-4,6-7,15-16H,2,5,8-12H2,1H3/t15-,16+/m1/s1. The van der Waals surface area contributed by atoms with Crippen molar-refractivity contribution in [3.8, 4) is 0 Å². The molecule has 1 aliphatic carbocycles. The highest BCUT2D eigenvalue weighted by Gasteiger charge is 2.38. The first-order valence-corrected chi connectivity index (χ1v) is 8.63. The number of aromatic nitrogens is 2. The van der Waals surface area contributed by atoms with Crippen molar-refractivity contribution < 1.29 is 9.53 Å². The molecule has 2 aromatic rings. The third-order valence-electron chi connectivity index (χ3n) is 5.15. The molecule has 2 fully saturated rings. The number of imidazole rings is 1. The van der Waals surface area contributed by atoms with Crippen LogP contribution in [-0.2, 0) is 22.5 Å². The zero-order chi connectivity index (χ0) is 15.8. The number of hydrogen-bond acceptors (Lipinski definition) is 3. The average molecular weight is 313 g/mol. The van der Waals surface area contributed by atoms with Gasteiger partial charge in [-0.3, -0.25) is 4.79 Å². The summed E-state index contributed by atoms with van der Waals surface area (Å²) < 4.78 is 7.90. The van der Waals surface area contributed by atoms with Crippen LogP contribution in [0.25, 0.3) is 11.0 Å². The minimum absolute atomic E-state index is 0.197. The Hall–Kier alpha value is -1.88. The Morgan fingerprint density at radius 2 is 2.22 bits per heavy atom. The van der Waals surface area contributed by atoms with Crippen molar-refractivity contribution in [3.05, 3.63) is 30.1 Å². The van der Waals surface area contributed by atoms with Gasteiger partial charge in [0.15, 0.2) is 0 Å². The Morgan fingerprint density at radius 3 is 3.09 bits per heavy atom. The summed E-state index contributed by atoms with van der Waals surface area (Å²) in [6.07, 6.45) is 4.40. The first kappa shape index (κ1) is 14.7. The molecule has 23 heavy (non-hydrogen) atoms. The molecule has 5 nitrogen and oxygen atoms in total. The third-order valence-corrected chi connectivity index (χ3v) is 5.15. The average Bonchev–Trinajstić information content (AvgIpc) is 3.19. The van der Waals surface area contributed by atoms with Gasteiger partial charge < -0.3 is 14.2 Å². The molecular formula is C18H23N3O2. The van der Waals surface area contributed by atoms with Gasteiger partial charge in [-0.1, -0.05) is 19.1 Å². The molecule has 1 aromatic carbocycles. The van der Waals surface area contributed by atoms with Gasteiger partial charge in [-0.2, -0.15) is 0 Å². The van der Waals surface area contributed by atoms with Crippen molar-refractivity contribution in [2.24, 2.45) is 0 Å². The van der Waals surface area contributed by atoms with Gasteiger partial charge in [-0.05, 0) is 31.4 Å². The number of nitrogens with zero attached hydrogens (tertiary/aromatic N) is 3. The lowest BCUT2D eigenvalue weighted by molar-refractivity contribution is -0.144. The number of carbonyl (C=O) groups is 1. The minimum Gasteiger partial charge on any atom is -0.374 e. The van der Waals surface area contributed by atoms with E-state index in [1.807, 2.05) is 24.3 Å². The van der Waals surface area contributed by atoms with Crippen molar-refractivity contribution in [1.29, 1.82) is 0 Å². The lowest BCUT2D eigenvalue weighted by Gasteiger charge is -2.37. The van der Waals surface area contributed by atoms with Crippen LogP contribution in [0.2, 0.25) is 0 Å². The molecule has 4 rings (SSSR count). The van der Waals surface area contributed by atoms with E-state index in [0.29, 0.717) is 19.7 Å². The van der Waals surface area contributed by atoms with E-state index in [0.717, 1.165) is 42.5 Å². The zero-order valence-electron chi connectivity index (χ0n) is 13.6. The number of carbonyl (C=O) groups excluding carboxylic acids is 1. The number of ether oxygens (including phenoxy) is 1. The molecule has 1 aromatic heterocycles. The maximum absolute atomic E-state index is 12.9. The van der Waals surface area contributed by atoms with Gasteiger partial charge in [0.2, 0.25) is 5.91 Å². The maximum Gasteiger partial charge on any atom is 0.242 e. The van der Waals surface area contributed by atoms with Crippen LogP contribution in [0, 0.1) is 0 Å². The highest BCUT2D eigenvalue weighted by molar-refractivity contribution is 5.81. The van der Waals surface area contributed by atoms with E-state index in [2.05, 4.69) is 21.4 Å². The monoisotopic (exact) mass is 313 g/mol. The lowest BCUT2D eigenvalue weighted by Crippen LogP contribution is -2.52. The van der Waals surface area contributed by atoms with Gasteiger partial charge in [0.25, 0.3) is 0 Å². The molecule has 2 atom stereocenters. The Kier molecular flexibility index (Phi) is 3.81. The SMILES string of the molecule is CCc1nc2ccccc2n1CC(=O)N1CCO[C@H]2CCC[C@H]21. The van der Waals surface area contributed by atoms with Crippen LogP contribution in [0.15, 0.2) is 24.3 Å². The molecule has 0 radical (unpaired) electrons. The van der Waals surface area contributed by atoms with Crippen LogP contribution in [-0.4, -0.2) is 45.7 Å². The van der Waals surface area contributed by atoms with E-state index in [1.54, 1.807) is 0 Å². The van der Waals surface area contributed by atoms with Gasteiger partial charge in [0.1, 0.15) is 12.4 Å². The number of para-hydroxylation sites is 2. The van der Waals surface area contributed by atoms with Gasteiger partial charge in [0, 0.05) is 13.0 Å². The fraction of sp³-hybridized carbons (Fsp3) is 0.556. The van der Waals surface area contributed by atoms with Crippen LogP contribution in [0.4, 0.5) is 0 Å². The molecule has 122 valence electrons. The number of morpholine rings is 1. The number of fused-ring (bicyclic) bond motifs is 2. The van der Waals surface area contributed by atoms with Crippen LogP contribution in [0.1, 0.15) is 32.0 Å². The van der Waals surface area contributed by atoms with E-state index in [-0.39, 0.29) is 18.1 Å². The van der Waals surface area contributed by atoms with Crippen LogP contribution >= 0.6 is 0 Å². The van der Waals surface area contributed by atoms with E-state index in [1.165, 1.54) is 0 Å². The Labute approximate surface area is 136 Å². The van der Waals surface area contributed by atoms with Gasteiger partial charge in [0.05, 0.1) is 29.8 Å². The largest absolute Gasteiger partial charge is 0.374 e. The lowest BCUT2D eigenvalue weighted by atomic mass is 10.1. The van der Waals surface area contributed by atoms with E-state index < -0.39 is 0 Å². The molecule has 0 unspecified atom stereocenters. The highest BCUT2D eigenvalue weighted by atomic mass is 16.5. The van der Waals surface area contributed by atoms with Crippen LogP contribution in [0.5, 0.6) is 0 Å². The van der Waals surface area contributed by atoms with Crippen molar-refractivity contribution >= 4 is 16.9 Å². The minimum atomic E-state index is 0.197. The molecule has 0 bridgehead atoms. The van der Waals surface area contributed by atoms with Gasteiger partial charge in [-0.25, -0.2) is 4.98 Å². The molecular weight excluding hydrogens is 290 g/mol. The van der Waals surface area contributed by atoms with Crippen LogP contribution < -0.4 is 0 Å². The highest BCUT2D eigenvalue weighted by Crippen LogP contribution is 2.30. The van der Waals surface area contributed by atoms with Crippen molar-refractivity contribution in [2.75, 3.05) is 13.2 Å². The number of hydrogen-bond donors (Lipinski definition) is 0. The van der Waals surface area contributed by atoms with Gasteiger partial charge in [-0.15, -0.1) is 0 Å². The summed E-state index contributed by atoms with van der Waals surface area (Å²) >= 11 is 0. The summed E-state index contributed by atoms with van der Waals surface area (Å²) in [6, 6.07) is 8.33. The first-order chi connectivity index (χ1) is 11.3. The Morgan fingerprint density at radius 1 is 1.35 bits per heavy atom. The molecule has 1 amide bonds. The van der Waals surface area contributed by atoms with E-state index >= 15 is 0 Å². The molecule has 0 spiro atoms. The molecule has 0 N–H and O–H groups in total. The maximum atomic E-state index is 12.9. The third kappa shape index (κ3) is 2.53. The molecule has 2 aliphatic rings. The number of rotatable bonds is 3. The predicted molar refractivity (Wildman–Crippen MR) is 88.2 cm³/mol. The molecule has 2 heterocycles. The fourth-order valence-corrected chi connectivity index (χ4v) is 4.03. The quantitative estimate of drug-likeness (QED) is 0.874. The van der Waals surface area contributed by atoms with Crippen LogP contribution in [0.3, 0.4) is 0 Å². The second-order valence-electron chi connectivity index (χ2n) is 6.45. The summed E-state index contributed by atoms with van der Waals surface area (Å²) in [4.78, 5) is 19.7. The van der Waals surface area contributed by atoms with Gasteiger partial charge >= 0.3 is 0 Å². The summed E-state index contributed by atoms with van der Waals surface area (Å²) in [5.74, 6) is 1.18. The normalized spacial score (nSPS) is 24.1. The Balaban J connectivity index is 1.61. The second-order valence-corrected chi connectivity index (χ2v) is 6.45. The van der Waals surface area contributed by atoms with E-state index in [9.17, 15) is 4.79 Å². The first-order valence-electron chi connectivity index (χ1n) is 8.63. The predicted octanol–water partition coefficient (Wildman–Crippen LogP) is 2.38. The van der Waals surface area contributed by atoms with Crippen molar-refractivity contribution in [1.82, 2.24) is 14.5 Å². The molecule has 1 saturated heterocycles.